The van der Waals surface area contributed by atoms with E-state index in [2.05, 4.69) is 20.8 Å². The van der Waals surface area contributed by atoms with E-state index in [-0.39, 0.29) is 12.6 Å². The maximum Gasteiger partial charge on any atom is 0.319 e. The molecule has 0 saturated heterocycles. The van der Waals surface area contributed by atoms with Gasteiger partial charge in [0.1, 0.15) is 5.75 Å². The molecule has 0 saturated carbocycles. The van der Waals surface area contributed by atoms with Crippen LogP contribution in [0, 0.1) is 6.92 Å². The summed E-state index contributed by atoms with van der Waals surface area (Å²) in [7, 11) is 1.65. The van der Waals surface area contributed by atoms with Crippen molar-refractivity contribution in [3.63, 3.8) is 0 Å². The number of methoxy groups -OCH3 is 1. The molecular formula is C25H24ClN5O2S. The number of nitrogens with one attached hydrogen (secondary N) is 2. The normalized spacial score (nSPS) is 10.7. The van der Waals surface area contributed by atoms with Crippen LogP contribution in [0.15, 0.2) is 78.0 Å². The molecule has 0 aliphatic heterocycles. The number of hydrogen-bond donors (Lipinski definition) is 2. The zero-order valence-electron chi connectivity index (χ0n) is 18.8. The molecule has 2 amide bonds. The van der Waals surface area contributed by atoms with Crippen molar-refractivity contribution >= 4 is 35.1 Å². The van der Waals surface area contributed by atoms with Gasteiger partial charge < -0.3 is 15.4 Å². The van der Waals surface area contributed by atoms with Crippen LogP contribution in [0.4, 0.5) is 10.5 Å². The van der Waals surface area contributed by atoms with Gasteiger partial charge in [-0.3, -0.25) is 4.57 Å². The molecule has 0 aliphatic carbocycles. The molecule has 3 aromatic carbocycles. The summed E-state index contributed by atoms with van der Waals surface area (Å²) in [5.74, 6) is 2.08. The number of aryl methyl sites for hydroxylation is 1. The van der Waals surface area contributed by atoms with E-state index < -0.39 is 0 Å². The van der Waals surface area contributed by atoms with Crippen LogP contribution in [-0.4, -0.2) is 27.9 Å². The fourth-order valence-corrected chi connectivity index (χ4v) is 4.41. The lowest BCUT2D eigenvalue weighted by Gasteiger charge is -2.14. The van der Waals surface area contributed by atoms with E-state index in [0.29, 0.717) is 27.4 Å². The highest BCUT2D eigenvalue weighted by atomic mass is 35.5. The van der Waals surface area contributed by atoms with Gasteiger partial charge in [-0.15, -0.1) is 10.2 Å². The largest absolute Gasteiger partial charge is 0.497 e. The lowest BCUT2D eigenvalue weighted by atomic mass is 10.2. The second-order valence-electron chi connectivity index (χ2n) is 7.48. The van der Waals surface area contributed by atoms with Gasteiger partial charge in [-0.25, -0.2) is 4.79 Å². The molecule has 1 aromatic heterocycles. The van der Waals surface area contributed by atoms with Gasteiger partial charge in [0, 0.05) is 16.5 Å². The number of ether oxygens (including phenoxy) is 1. The third-order valence-electron chi connectivity index (χ3n) is 5.05. The molecule has 9 heteroatoms. The number of rotatable bonds is 8. The fourth-order valence-electron chi connectivity index (χ4n) is 3.34. The zero-order chi connectivity index (χ0) is 23.9. The van der Waals surface area contributed by atoms with Gasteiger partial charge in [0.15, 0.2) is 11.0 Å². The molecule has 174 valence electrons. The van der Waals surface area contributed by atoms with E-state index in [1.807, 2.05) is 84.3 Å². The molecule has 0 bridgehead atoms. The number of carbonyl (C=O) groups is 1. The second-order valence-corrected chi connectivity index (χ2v) is 8.86. The van der Waals surface area contributed by atoms with Crippen molar-refractivity contribution in [3.8, 4) is 11.4 Å². The van der Waals surface area contributed by atoms with Gasteiger partial charge in [0.2, 0.25) is 0 Å². The molecule has 0 radical (unpaired) electrons. The number of para-hydroxylation sites is 1. The van der Waals surface area contributed by atoms with Crippen molar-refractivity contribution in [1.29, 1.82) is 0 Å². The molecule has 4 rings (SSSR count). The van der Waals surface area contributed by atoms with Crippen molar-refractivity contribution in [2.24, 2.45) is 0 Å². The number of amides is 2. The first-order chi connectivity index (χ1) is 16.5. The molecule has 0 atom stereocenters. The van der Waals surface area contributed by atoms with Crippen molar-refractivity contribution in [2.75, 3.05) is 12.4 Å². The molecular weight excluding hydrogens is 470 g/mol. The third kappa shape index (κ3) is 5.89. The Hall–Kier alpha value is -3.49. The number of carbonyl (C=O) groups excluding carboxylic acids is 1. The number of urea groups is 1. The first-order valence-electron chi connectivity index (χ1n) is 10.6. The number of thioether (sulfide) groups is 1. The summed E-state index contributed by atoms with van der Waals surface area (Å²) >= 11 is 7.86. The molecule has 1 heterocycles. The Bertz CT molecular complexity index is 1280. The third-order valence-corrected chi connectivity index (χ3v) is 6.29. The van der Waals surface area contributed by atoms with Gasteiger partial charge in [0.05, 0.1) is 19.3 Å². The van der Waals surface area contributed by atoms with Crippen molar-refractivity contribution in [2.45, 2.75) is 24.4 Å². The maximum absolute atomic E-state index is 12.4. The number of hydrogen-bond acceptors (Lipinski definition) is 5. The molecule has 0 spiro atoms. The van der Waals surface area contributed by atoms with E-state index in [1.165, 1.54) is 0 Å². The monoisotopic (exact) mass is 493 g/mol. The summed E-state index contributed by atoms with van der Waals surface area (Å²) < 4.78 is 7.27. The van der Waals surface area contributed by atoms with Gasteiger partial charge in [-0.1, -0.05) is 59.8 Å². The van der Waals surface area contributed by atoms with Crippen LogP contribution in [-0.2, 0) is 12.3 Å². The highest BCUT2D eigenvalue weighted by molar-refractivity contribution is 7.98. The molecule has 34 heavy (non-hydrogen) atoms. The second kappa shape index (κ2) is 11.1. The van der Waals surface area contributed by atoms with Gasteiger partial charge in [-0.05, 0) is 54.4 Å². The van der Waals surface area contributed by atoms with Crippen molar-refractivity contribution < 1.29 is 9.53 Å². The molecule has 7 nitrogen and oxygen atoms in total. The minimum atomic E-state index is -0.325. The highest BCUT2D eigenvalue weighted by Crippen LogP contribution is 2.29. The van der Waals surface area contributed by atoms with E-state index in [0.717, 1.165) is 22.6 Å². The number of anilines is 1. The van der Waals surface area contributed by atoms with E-state index >= 15 is 0 Å². The summed E-state index contributed by atoms with van der Waals surface area (Å²) in [6.07, 6.45) is 0. The van der Waals surface area contributed by atoms with E-state index in [1.54, 1.807) is 18.9 Å². The fraction of sp³-hybridized carbons (Fsp3) is 0.160. The average Bonchev–Trinajstić information content (AvgIpc) is 3.26. The van der Waals surface area contributed by atoms with Crippen LogP contribution in [0.5, 0.6) is 5.75 Å². The number of aromatic nitrogens is 3. The Morgan fingerprint density at radius 2 is 1.88 bits per heavy atom. The smallest absolute Gasteiger partial charge is 0.319 e. The van der Waals surface area contributed by atoms with Gasteiger partial charge >= 0.3 is 6.03 Å². The first kappa shape index (κ1) is 23.7. The quantitative estimate of drug-likeness (QED) is 0.301. The van der Waals surface area contributed by atoms with Gasteiger partial charge in [0.25, 0.3) is 0 Å². The lowest BCUT2D eigenvalue weighted by molar-refractivity contribution is 0.251. The molecule has 0 fully saturated rings. The molecule has 2 N–H and O–H groups in total. The highest BCUT2D eigenvalue weighted by Gasteiger charge is 2.17. The standard InChI is InChI=1S/C25H24ClN5O2S/c1-17-11-12-19(26)14-22(17)31-23(15-27-24(32)28-20-8-4-3-5-9-20)29-30-25(31)34-16-18-7-6-10-21(13-18)33-2/h3-14H,15-16H2,1-2H3,(H2,27,28,32). The topological polar surface area (TPSA) is 81.1 Å². The summed E-state index contributed by atoms with van der Waals surface area (Å²) in [5.41, 5.74) is 3.69. The molecule has 0 aliphatic rings. The first-order valence-corrected chi connectivity index (χ1v) is 12.0. The summed E-state index contributed by atoms with van der Waals surface area (Å²) in [4.78, 5) is 12.4. The van der Waals surface area contributed by atoms with Gasteiger partial charge in [-0.2, -0.15) is 0 Å². The Labute approximate surface area is 207 Å². The van der Waals surface area contributed by atoms with Crippen LogP contribution < -0.4 is 15.4 Å². The number of halogens is 1. The number of benzene rings is 3. The SMILES string of the molecule is COc1cccc(CSc2nnc(CNC(=O)Nc3ccccc3)n2-c2cc(Cl)ccc2C)c1. The van der Waals surface area contributed by atoms with E-state index in [4.69, 9.17) is 16.3 Å². The van der Waals surface area contributed by atoms with Crippen LogP contribution in [0.25, 0.3) is 5.69 Å². The Morgan fingerprint density at radius 1 is 1.06 bits per heavy atom. The molecule has 0 unspecified atom stereocenters. The number of nitrogens with zero attached hydrogens (tertiary/aromatic N) is 3. The van der Waals surface area contributed by atoms with Crippen LogP contribution in [0.1, 0.15) is 17.0 Å². The Balaban J connectivity index is 1.56. The van der Waals surface area contributed by atoms with Crippen molar-refractivity contribution in [3.05, 3.63) is 94.8 Å². The minimum Gasteiger partial charge on any atom is -0.497 e. The summed E-state index contributed by atoms with van der Waals surface area (Å²) in [5, 5.41) is 15.8. The Kier molecular flexibility index (Phi) is 7.72. The predicted octanol–water partition coefficient (Wildman–Crippen LogP) is 5.85. The minimum absolute atomic E-state index is 0.192. The average molecular weight is 494 g/mol. The summed E-state index contributed by atoms with van der Waals surface area (Å²) in [6.45, 7) is 2.19. The molecule has 4 aromatic rings. The summed E-state index contributed by atoms with van der Waals surface area (Å²) in [6, 6.07) is 22.5. The van der Waals surface area contributed by atoms with E-state index in [9.17, 15) is 4.79 Å². The maximum atomic E-state index is 12.4. The predicted molar refractivity (Wildman–Crippen MR) is 136 cm³/mol. The van der Waals surface area contributed by atoms with Crippen molar-refractivity contribution in [1.82, 2.24) is 20.1 Å². The zero-order valence-corrected chi connectivity index (χ0v) is 20.4. The van der Waals surface area contributed by atoms with Crippen LogP contribution in [0.3, 0.4) is 0 Å². The van der Waals surface area contributed by atoms with Crippen LogP contribution >= 0.6 is 23.4 Å². The van der Waals surface area contributed by atoms with Crippen LogP contribution in [0.2, 0.25) is 5.02 Å². The lowest BCUT2D eigenvalue weighted by Crippen LogP contribution is -2.29. The Morgan fingerprint density at radius 3 is 2.68 bits per heavy atom.